The number of hydrogen-bond donors (Lipinski definition) is 1. The molecule has 1 aromatic rings. The van der Waals surface area contributed by atoms with E-state index in [1.807, 2.05) is 0 Å². The summed E-state index contributed by atoms with van der Waals surface area (Å²) >= 11 is 0. The van der Waals surface area contributed by atoms with E-state index in [0.717, 1.165) is 26.1 Å². The predicted octanol–water partition coefficient (Wildman–Crippen LogP) is 2.04. The summed E-state index contributed by atoms with van der Waals surface area (Å²) in [5, 5.41) is 0. The molecular formula is C14H24N2O. The second-order valence-corrected chi connectivity index (χ2v) is 4.13. The van der Waals surface area contributed by atoms with Gasteiger partial charge in [0.2, 0.25) is 0 Å². The number of benzene rings is 1. The lowest BCUT2D eigenvalue weighted by Crippen LogP contribution is -2.33. The van der Waals surface area contributed by atoms with Crippen LogP contribution in [0.25, 0.3) is 0 Å². The zero-order valence-corrected chi connectivity index (χ0v) is 10.9. The minimum Gasteiger partial charge on any atom is -0.383 e. The molecule has 3 heteroatoms. The van der Waals surface area contributed by atoms with Crippen molar-refractivity contribution in [2.75, 3.05) is 33.4 Å². The Morgan fingerprint density at radius 2 is 2.00 bits per heavy atom. The molecule has 0 aliphatic rings. The van der Waals surface area contributed by atoms with Gasteiger partial charge in [0, 0.05) is 19.7 Å². The van der Waals surface area contributed by atoms with E-state index >= 15 is 0 Å². The molecule has 0 aromatic heterocycles. The van der Waals surface area contributed by atoms with E-state index in [0.29, 0.717) is 12.6 Å². The third kappa shape index (κ3) is 4.46. The second kappa shape index (κ2) is 8.23. The number of nitrogens with zero attached hydrogens (tertiary/aromatic N) is 1. The van der Waals surface area contributed by atoms with Crippen molar-refractivity contribution in [2.24, 2.45) is 5.73 Å². The molecule has 0 spiro atoms. The fourth-order valence-electron chi connectivity index (χ4n) is 2.14. The third-order valence-corrected chi connectivity index (χ3v) is 3.05. The van der Waals surface area contributed by atoms with Gasteiger partial charge in [-0.15, -0.1) is 0 Å². The van der Waals surface area contributed by atoms with Crippen LogP contribution in [0.1, 0.15) is 24.9 Å². The van der Waals surface area contributed by atoms with Crippen LogP contribution in [0, 0.1) is 0 Å². The average Bonchev–Trinajstić information content (AvgIpc) is 2.39. The Morgan fingerprint density at radius 1 is 1.29 bits per heavy atom. The van der Waals surface area contributed by atoms with Crippen molar-refractivity contribution in [3.05, 3.63) is 35.9 Å². The quantitative estimate of drug-likeness (QED) is 0.750. The van der Waals surface area contributed by atoms with Gasteiger partial charge in [-0.25, -0.2) is 0 Å². The second-order valence-electron chi connectivity index (χ2n) is 4.13. The van der Waals surface area contributed by atoms with Gasteiger partial charge in [0.15, 0.2) is 0 Å². The monoisotopic (exact) mass is 236 g/mol. The van der Waals surface area contributed by atoms with Gasteiger partial charge >= 0.3 is 0 Å². The maximum absolute atomic E-state index is 5.73. The highest BCUT2D eigenvalue weighted by molar-refractivity contribution is 5.19. The van der Waals surface area contributed by atoms with Gasteiger partial charge in [-0.05, 0) is 25.1 Å². The van der Waals surface area contributed by atoms with Crippen LogP contribution in [-0.4, -0.2) is 38.3 Å². The lowest BCUT2D eigenvalue weighted by molar-refractivity contribution is 0.120. The summed E-state index contributed by atoms with van der Waals surface area (Å²) in [5.74, 6) is 0. The molecule has 1 aromatic carbocycles. The van der Waals surface area contributed by atoms with Crippen LogP contribution in [0.5, 0.6) is 0 Å². The molecule has 0 aliphatic carbocycles. The van der Waals surface area contributed by atoms with Gasteiger partial charge in [0.1, 0.15) is 0 Å². The number of methoxy groups -OCH3 is 1. The molecule has 0 amide bonds. The molecular weight excluding hydrogens is 212 g/mol. The molecule has 0 fully saturated rings. The summed E-state index contributed by atoms with van der Waals surface area (Å²) in [6.07, 6.45) is 0.988. The molecule has 0 saturated carbocycles. The molecule has 1 rings (SSSR count). The van der Waals surface area contributed by atoms with Crippen molar-refractivity contribution in [1.82, 2.24) is 4.90 Å². The van der Waals surface area contributed by atoms with Crippen LogP contribution in [0.4, 0.5) is 0 Å². The van der Waals surface area contributed by atoms with E-state index in [1.54, 1.807) is 7.11 Å². The molecule has 96 valence electrons. The Kier molecular flexibility index (Phi) is 6.86. The number of likely N-dealkylation sites (N-methyl/N-ethyl adjacent to an activating group) is 1. The van der Waals surface area contributed by atoms with Crippen LogP contribution in [-0.2, 0) is 4.74 Å². The summed E-state index contributed by atoms with van der Waals surface area (Å²) in [7, 11) is 1.74. The maximum Gasteiger partial charge on any atom is 0.0589 e. The zero-order chi connectivity index (χ0) is 12.5. The van der Waals surface area contributed by atoms with Crippen molar-refractivity contribution >= 4 is 0 Å². The highest BCUT2D eigenvalue weighted by Crippen LogP contribution is 2.23. The normalized spacial score (nSPS) is 12.9. The standard InChI is InChI=1S/C14H24N2O/c1-3-16(11-12-17-2)14(9-10-15)13-7-5-4-6-8-13/h4-8,14H,3,9-12,15H2,1-2H3. The summed E-state index contributed by atoms with van der Waals surface area (Å²) < 4.78 is 5.17. The van der Waals surface area contributed by atoms with Crippen molar-refractivity contribution < 1.29 is 4.74 Å². The Bertz CT molecular complexity index is 290. The lowest BCUT2D eigenvalue weighted by Gasteiger charge is -2.30. The molecule has 1 unspecified atom stereocenters. The molecule has 0 radical (unpaired) electrons. The van der Waals surface area contributed by atoms with Crippen LogP contribution in [0.2, 0.25) is 0 Å². The minimum absolute atomic E-state index is 0.404. The highest BCUT2D eigenvalue weighted by atomic mass is 16.5. The number of hydrogen-bond acceptors (Lipinski definition) is 3. The van der Waals surface area contributed by atoms with Gasteiger partial charge in [0.05, 0.1) is 6.61 Å². The van der Waals surface area contributed by atoms with E-state index < -0.39 is 0 Å². The van der Waals surface area contributed by atoms with Gasteiger partial charge in [-0.3, -0.25) is 4.90 Å². The van der Waals surface area contributed by atoms with E-state index in [2.05, 4.69) is 42.2 Å². The SMILES string of the molecule is CCN(CCOC)C(CCN)c1ccccc1. The first-order chi connectivity index (χ1) is 8.33. The maximum atomic E-state index is 5.73. The van der Waals surface area contributed by atoms with Crippen molar-refractivity contribution in [3.8, 4) is 0 Å². The molecule has 0 bridgehead atoms. The lowest BCUT2D eigenvalue weighted by atomic mass is 10.0. The first-order valence-corrected chi connectivity index (χ1v) is 6.31. The number of nitrogens with two attached hydrogens (primary N) is 1. The fourth-order valence-corrected chi connectivity index (χ4v) is 2.14. The zero-order valence-electron chi connectivity index (χ0n) is 10.9. The fraction of sp³-hybridized carbons (Fsp3) is 0.571. The summed E-state index contributed by atoms with van der Waals surface area (Å²) in [6.45, 7) is 5.63. The van der Waals surface area contributed by atoms with Crippen LogP contribution in [0.3, 0.4) is 0 Å². The van der Waals surface area contributed by atoms with Crippen molar-refractivity contribution in [3.63, 3.8) is 0 Å². The first-order valence-electron chi connectivity index (χ1n) is 6.31. The Morgan fingerprint density at radius 3 is 2.53 bits per heavy atom. The Balaban J connectivity index is 2.75. The molecule has 3 nitrogen and oxygen atoms in total. The highest BCUT2D eigenvalue weighted by Gasteiger charge is 2.17. The topological polar surface area (TPSA) is 38.5 Å². The van der Waals surface area contributed by atoms with Gasteiger partial charge in [-0.2, -0.15) is 0 Å². The van der Waals surface area contributed by atoms with E-state index in [9.17, 15) is 0 Å². The van der Waals surface area contributed by atoms with Gasteiger partial charge < -0.3 is 10.5 Å². The van der Waals surface area contributed by atoms with Gasteiger partial charge in [0.25, 0.3) is 0 Å². The smallest absolute Gasteiger partial charge is 0.0589 e. The summed E-state index contributed by atoms with van der Waals surface area (Å²) in [5.41, 5.74) is 7.07. The van der Waals surface area contributed by atoms with Crippen LogP contribution >= 0.6 is 0 Å². The largest absolute Gasteiger partial charge is 0.383 e. The van der Waals surface area contributed by atoms with Gasteiger partial charge in [-0.1, -0.05) is 37.3 Å². The molecule has 17 heavy (non-hydrogen) atoms. The van der Waals surface area contributed by atoms with Crippen LogP contribution < -0.4 is 5.73 Å². The Labute approximate surface area is 105 Å². The molecule has 2 N–H and O–H groups in total. The molecule has 1 atom stereocenters. The van der Waals surface area contributed by atoms with E-state index in [1.165, 1.54) is 5.56 Å². The average molecular weight is 236 g/mol. The van der Waals surface area contributed by atoms with Crippen LogP contribution in [0.15, 0.2) is 30.3 Å². The van der Waals surface area contributed by atoms with Crippen molar-refractivity contribution in [2.45, 2.75) is 19.4 Å². The summed E-state index contributed by atoms with van der Waals surface area (Å²) in [6, 6.07) is 11.0. The number of ether oxygens (including phenoxy) is 1. The molecule has 0 aliphatic heterocycles. The first kappa shape index (κ1) is 14.2. The third-order valence-electron chi connectivity index (χ3n) is 3.05. The van der Waals surface area contributed by atoms with E-state index in [-0.39, 0.29) is 0 Å². The van der Waals surface area contributed by atoms with E-state index in [4.69, 9.17) is 10.5 Å². The number of rotatable bonds is 8. The predicted molar refractivity (Wildman–Crippen MR) is 72.0 cm³/mol. The summed E-state index contributed by atoms with van der Waals surface area (Å²) in [4.78, 5) is 2.42. The minimum atomic E-state index is 0.404. The Hall–Kier alpha value is -0.900. The van der Waals surface area contributed by atoms with Crippen molar-refractivity contribution in [1.29, 1.82) is 0 Å². The molecule has 0 heterocycles. The molecule has 0 saturated heterocycles.